The number of methoxy groups -OCH3 is 1. The van der Waals surface area contributed by atoms with Crippen LogP contribution in [0, 0.1) is 0 Å². The van der Waals surface area contributed by atoms with E-state index in [1.165, 1.54) is 4.31 Å². The summed E-state index contributed by atoms with van der Waals surface area (Å²) in [5.74, 6) is 1.38. The van der Waals surface area contributed by atoms with Crippen LogP contribution in [-0.4, -0.2) is 51.5 Å². The van der Waals surface area contributed by atoms with Crippen LogP contribution >= 0.6 is 11.8 Å². The largest absolute Gasteiger partial charge is 0.497 e. The third-order valence-corrected chi connectivity index (χ3v) is 6.25. The topological polar surface area (TPSA) is 72.6 Å². The van der Waals surface area contributed by atoms with Crippen LogP contribution in [0.2, 0.25) is 0 Å². The van der Waals surface area contributed by atoms with Crippen molar-refractivity contribution in [3.8, 4) is 5.75 Å². The zero-order chi connectivity index (χ0) is 16.0. The third-order valence-electron chi connectivity index (χ3n) is 3.37. The zero-order valence-electron chi connectivity index (χ0n) is 13.0. The molecule has 0 aromatic heterocycles. The second-order valence-electron chi connectivity index (χ2n) is 4.84. The van der Waals surface area contributed by atoms with Crippen LogP contribution in [0.1, 0.15) is 12.5 Å². The molecule has 0 heterocycles. The average molecular weight is 332 g/mol. The number of nitrogens with two attached hydrogens (primary N) is 1. The molecule has 5 nitrogen and oxygen atoms in total. The summed E-state index contributed by atoms with van der Waals surface area (Å²) in [6.45, 7) is 2.29. The molecular formula is C14H24N2O3S2. The molecule has 2 N–H and O–H groups in total. The van der Waals surface area contributed by atoms with Gasteiger partial charge in [0.1, 0.15) is 5.75 Å². The SMILES string of the molecule is COc1ccc(S(=O)(=O)N(C)C(C)CSC)c(CCN)c1. The van der Waals surface area contributed by atoms with Crippen molar-refractivity contribution < 1.29 is 13.2 Å². The van der Waals surface area contributed by atoms with Crippen molar-refractivity contribution >= 4 is 21.8 Å². The van der Waals surface area contributed by atoms with E-state index < -0.39 is 10.0 Å². The van der Waals surface area contributed by atoms with Gasteiger partial charge in [-0.3, -0.25) is 0 Å². The number of nitrogens with zero attached hydrogens (tertiary/aromatic N) is 1. The van der Waals surface area contributed by atoms with Gasteiger partial charge >= 0.3 is 0 Å². The minimum Gasteiger partial charge on any atom is -0.497 e. The molecule has 0 saturated heterocycles. The molecule has 0 aliphatic rings. The van der Waals surface area contributed by atoms with E-state index in [2.05, 4.69) is 0 Å². The Hall–Kier alpha value is -0.760. The van der Waals surface area contributed by atoms with E-state index in [4.69, 9.17) is 10.5 Å². The quantitative estimate of drug-likeness (QED) is 0.782. The molecule has 0 radical (unpaired) electrons. The molecule has 1 rings (SSSR count). The lowest BCUT2D eigenvalue weighted by atomic mass is 10.1. The van der Waals surface area contributed by atoms with Crippen molar-refractivity contribution in [2.45, 2.75) is 24.3 Å². The lowest BCUT2D eigenvalue weighted by molar-refractivity contribution is 0.410. The van der Waals surface area contributed by atoms with Crippen LogP contribution in [0.15, 0.2) is 23.1 Å². The number of benzene rings is 1. The Kier molecular flexibility index (Phi) is 6.99. The van der Waals surface area contributed by atoms with Crippen LogP contribution < -0.4 is 10.5 Å². The van der Waals surface area contributed by atoms with Gasteiger partial charge in [-0.05, 0) is 49.9 Å². The van der Waals surface area contributed by atoms with Gasteiger partial charge < -0.3 is 10.5 Å². The van der Waals surface area contributed by atoms with Crippen LogP contribution in [0.5, 0.6) is 5.75 Å². The Morgan fingerprint density at radius 1 is 1.43 bits per heavy atom. The van der Waals surface area contributed by atoms with E-state index in [9.17, 15) is 8.42 Å². The fourth-order valence-corrected chi connectivity index (χ4v) is 4.41. The molecule has 7 heteroatoms. The summed E-state index contributed by atoms with van der Waals surface area (Å²) >= 11 is 1.62. The highest BCUT2D eigenvalue weighted by atomic mass is 32.2. The first-order valence-corrected chi connectivity index (χ1v) is 9.55. The number of hydrogen-bond acceptors (Lipinski definition) is 5. The summed E-state index contributed by atoms with van der Waals surface area (Å²) < 4.78 is 32.1. The number of thioether (sulfide) groups is 1. The van der Waals surface area contributed by atoms with E-state index in [1.807, 2.05) is 13.2 Å². The molecule has 0 fully saturated rings. The maximum atomic E-state index is 12.8. The first-order chi connectivity index (χ1) is 9.88. The predicted molar refractivity (Wildman–Crippen MR) is 88.5 cm³/mol. The molecule has 120 valence electrons. The molecule has 21 heavy (non-hydrogen) atoms. The van der Waals surface area contributed by atoms with Gasteiger partial charge in [0, 0.05) is 18.8 Å². The van der Waals surface area contributed by atoms with Crippen LogP contribution in [0.3, 0.4) is 0 Å². The summed E-state index contributed by atoms with van der Waals surface area (Å²) in [5.41, 5.74) is 6.29. The molecule has 0 spiro atoms. The van der Waals surface area contributed by atoms with Crippen molar-refractivity contribution in [3.63, 3.8) is 0 Å². The normalized spacial score (nSPS) is 13.4. The fraction of sp³-hybridized carbons (Fsp3) is 0.571. The van der Waals surface area contributed by atoms with E-state index in [0.717, 1.165) is 5.75 Å². The molecule has 1 atom stereocenters. The van der Waals surface area contributed by atoms with Crippen LogP contribution in [-0.2, 0) is 16.4 Å². The van der Waals surface area contributed by atoms with Gasteiger partial charge in [0.05, 0.1) is 12.0 Å². The molecule has 1 unspecified atom stereocenters. The van der Waals surface area contributed by atoms with Gasteiger partial charge in [-0.2, -0.15) is 16.1 Å². The fourth-order valence-electron chi connectivity index (χ4n) is 2.02. The molecule has 1 aromatic rings. The van der Waals surface area contributed by atoms with E-state index in [-0.39, 0.29) is 6.04 Å². The standard InChI is InChI=1S/C14H24N2O3S2/c1-11(10-20-4)16(2)21(17,18)14-6-5-13(19-3)9-12(14)7-8-15/h5-6,9,11H,7-8,10,15H2,1-4H3. The molecule has 0 amide bonds. The molecule has 0 bridgehead atoms. The first-order valence-electron chi connectivity index (χ1n) is 6.72. The van der Waals surface area contributed by atoms with E-state index in [0.29, 0.717) is 29.2 Å². The van der Waals surface area contributed by atoms with E-state index in [1.54, 1.807) is 44.1 Å². The summed E-state index contributed by atoms with van der Waals surface area (Å²) in [6.07, 6.45) is 2.46. The summed E-state index contributed by atoms with van der Waals surface area (Å²) in [7, 11) is -0.354. The third kappa shape index (κ3) is 4.35. The first kappa shape index (κ1) is 18.3. The van der Waals surface area contributed by atoms with Crippen molar-refractivity contribution in [1.82, 2.24) is 4.31 Å². The van der Waals surface area contributed by atoms with Crippen molar-refractivity contribution in [1.29, 1.82) is 0 Å². The van der Waals surface area contributed by atoms with Gasteiger partial charge in [0.15, 0.2) is 0 Å². The Bertz CT molecular complexity index is 561. The van der Waals surface area contributed by atoms with Gasteiger partial charge in [0.2, 0.25) is 10.0 Å². The zero-order valence-corrected chi connectivity index (χ0v) is 14.6. The monoisotopic (exact) mass is 332 g/mol. The number of ether oxygens (including phenoxy) is 1. The molecule has 1 aromatic carbocycles. The number of hydrogen-bond donors (Lipinski definition) is 1. The summed E-state index contributed by atoms with van der Waals surface area (Å²) in [5, 5.41) is 0. The van der Waals surface area contributed by atoms with E-state index >= 15 is 0 Å². The van der Waals surface area contributed by atoms with Crippen LogP contribution in [0.4, 0.5) is 0 Å². The Balaban J connectivity index is 3.23. The van der Waals surface area contributed by atoms with Crippen LogP contribution in [0.25, 0.3) is 0 Å². The second kappa shape index (κ2) is 8.03. The Labute approximate surface area is 131 Å². The maximum Gasteiger partial charge on any atom is 0.243 e. The second-order valence-corrected chi connectivity index (χ2v) is 7.71. The average Bonchev–Trinajstić information content (AvgIpc) is 2.46. The molecular weight excluding hydrogens is 308 g/mol. The van der Waals surface area contributed by atoms with Crippen molar-refractivity contribution in [2.24, 2.45) is 5.73 Å². The highest BCUT2D eigenvalue weighted by Crippen LogP contribution is 2.26. The lowest BCUT2D eigenvalue weighted by Crippen LogP contribution is -2.37. The minimum absolute atomic E-state index is 0.0715. The smallest absolute Gasteiger partial charge is 0.243 e. The van der Waals surface area contributed by atoms with Gasteiger partial charge in [0.25, 0.3) is 0 Å². The summed E-state index contributed by atoms with van der Waals surface area (Å²) in [6, 6.07) is 4.94. The molecule has 0 aliphatic heterocycles. The Morgan fingerprint density at radius 3 is 2.62 bits per heavy atom. The van der Waals surface area contributed by atoms with Gasteiger partial charge in [-0.25, -0.2) is 8.42 Å². The molecule has 0 aliphatic carbocycles. The molecule has 0 saturated carbocycles. The maximum absolute atomic E-state index is 12.8. The highest BCUT2D eigenvalue weighted by molar-refractivity contribution is 7.98. The number of sulfonamides is 1. The predicted octanol–water partition coefficient (Wildman–Crippen LogP) is 1.57. The van der Waals surface area contributed by atoms with Crippen molar-refractivity contribution in [3.05, 3.63) is 23.8 Å². The lowest BCUT2D eigenvalue weighted by Gasteiger charge is -2.25. The Morgan fingerprint density at radius 2 is 2.10 bits per heavy atom. The number of rotatable bonds is 8. The van der Waals surface area contributed by atoms with Crippen molar-refractivity contribution in [2.75, 3.05) is 32.7 Å². The summed E-state index contributed by atoms with van der Waals surface area (Å²) in [4.78, 5) is 0.309. The highest BCUT2D eigenvalue weighted by Gasteiger charge is 2.27. The van der Waals surface area contributed by atoms with Gasteiger partial charge in [-0.15, -0.1) is 0 Å². The van der Waals surface area contributed by atoms with Gasteiger partial charge in [-0.1, -0.05) is 0 Å². The minimum atomic E-state index is -3.53.